The molecule has 0 aromatic heterocycles. The van der Waals surface area contributed by atoms with E-state index >= 15 is 0 Å². The van der Waals surface area contributed by atoms with Crippen molar-refractivity contribution in [2.75, 3.05) is 0 Å². The fourth-order valence-electron chi connectivity index (χ4n) is 0. The smallest absolute Gasteiger partial charge is 1.00 e. The molecule has 0 aliphatic carbocycles. The summed E-state index contributed by atoms with van der Waals surface area (Å²) in [5, 5.41) is 0. The summed E-state index contributed by atoms with van der Waals surface area (Å²) >= 11 is 0. The van der Waals surface area contributed by atoms with Gasteiger partial charge in [0.25, 0.3) is 0 Å². The predicted octanol–water partition coefficient (Wildman–Crippen LogP) is -0.922. The molecular weight excluding hydrogens is 118 g/mol. The van der Waals surface area contributed by atoms with Crippen molar-refractivity contribution in [2.45, 2.75) is 0 Å². The van der Waals surface area contributed by atoms with Gasteiger partial charge in [0.05, 0.1) is 0 Å². The summed E-state index contributed by atoms with van der Waals surface area (Å²) in [7, 11) is -4.64. The number of hydrogen-bond donors (Lipinski definition) is 4. The zero-order valence-corrected chi connectivity index (χ0v) is 4.51. The van der Waals surface area contributed by atoms with Gasteiger partial charge in [-0.3, -0.25) is 0 Å². The molecule has 0 aromatic rings. The molecule has 7 heteroatoms. The Balaban J connectivity index is -0.0000000133. The Hall–Kier alpha value is 0.239. The second-order valence-electron chi connectivity index (χ2n) is 0.513. The molecule has 0 aliphatic heterocycles. The molecule has 7 heavy (non-hydrogen) atoms. The Bertz CT molecular complexity index is 64.7. The zero-order valence-electron chi connectivity index (χ0n) is 5.61. The normalized spacial score (nSPS) is 8.43. The number of rotatable bonds is 0. The van der Waals surface area contributed by atoms with Crippen molar-refractivity contribution in [1.29, 1.82) is 0 Å². The minimum Gasteiger partial charge on any atom is -1.00 e. The van der Waals surface area contributed by atoms with E-state index in [2.05, 4.69) is 0 Å². The third-order valence-corrected chi connectivity index (χ3v) is 0. The number of phosphoric acid groups is 1. The molecule has 0 saturated carbocycles. The van der Waals surface area contributed by atoms with E-state index in [-0.39, 0.29) is 19.1 Å². The summed E-state index contributed by atoms with van der Waals surface area (Å²) in [5.74, 6) is 0. The van der Waals surface area contributed by atoms with Crippen LogP contribution in [0.1, 0.15) is 2.85 Å². The minimum atomic E-state index is -4.64. The molecule has 0 radical (unpaired) electrons. The Morgan fingerprint density at radius 3 is 1.29 bits per heavy atom. The van der Waals surface area contributed by atoms with E-state index in [1.165, 1.54) is 0 Å². The van der Waals surface area contributed by atoms with Gasteiger partial charge >= 0.3 is 17.9 Å². The number of hydrogen-bond acceptors (Lipinski definition) is 2. The fourth-order valence-corrected chi connectivity index (χ4v) is 0. The topological polar surface area (TPSA) is 113 Å². The van der Waals surface area contributed by atoms with Crippen LogP contribution in [-0.2, 0) is 4.57 Å². The van der Waals surface area contributed by atoms with Crippen molar-refractivity contribution < 1.29 is 22.1 Å². The van der Waals surface area contributed by atoms with E-state index in [9.17, 15) is 0 Å². The average molecular weight is 126 g/mol. The van der Waals surface area contributed by atoms with Gasteiger partial charge in [0.15, 0.2) is 0 Å². The van der Waals surface area contributed by atoms with Crippen LogP contribution >= 0.6 is 7.82 Å². The summed E-state index contributed by atoms with van der Waals surface area (Å²) in [5.41, 5.74) is 0. The molecule has 0 amide bonds. The van der Waals surface area contributed by atoms with Crippen molar-refractivity contribution in [3.63, 3.8) is 0 Å². The van der Waals surface area contributed by atoms with Gasteiger partial charge in [0, 0.05) is 0 Å². The van der Waals surface area contributed by atoms with Crippen LogP contribution in [0, 0.1) is 0 Å². The quantitative estimate of drug-likeness (QED) is 0.247. The van der Waals surface area contributed by atoms with Crippen molar-refractivity contribution in [3.05, 3.63) is 0 Å². The van der Waals surface area contributed by atoms with Crippen molar-refractivity contribution in [1.82, 2.24) is 6.15 Å². The van der Waals surface area contributed by atoms with Gasteiger partial charge in [-0.15, -0.1) is 0 Å². The first-order valence-electron chi connectivity index (χ1n) is 0.783. The summed E-state index contributed by atoms with van der Waals surface area (Å²) in [6, 6.07) is 0. The minimum absolute atomic E-state index is 0. The maximum Gasteiger partial charge on any atom is 2.00 e. The molecule has 0 fully saturated rings. The van der Waals surface area contributed by atoms with Crippen LogP contribution in [0.25, 0.3) is 0 Å². The van der Waals surface area contributed by atoms with Gasteiger partial charge in [0.2, 0.25) is 0 Å². The molecule has 0 aliphatic rings. The molecule has 0 atom stereocenters. The predicted molar refractivity (Wildman–Crippen MR) is 27.3 cm³/mol. The molecule has 44 valence electrons. The van der Waals surface area contributed by atoms with E-state index in [4.69, 9.17) is 19.2 Å². The SMILES string of the molecule is N.O=P(O)(O)O.[Be+2].[H-].[H-]. The van der Waals surface area contributed by atoms with E-state index in [1.54, 1.807) is 0 Å². The van der Waals surface area contributed by atoms with Crippen LogP contribution < -0.4 is 6.15 Å². The van der Waals surface area contributed by atoms with Crippen LogP contribution in [0.15, 0.2) is 0 Å². The standard InChI is InChI=1S/Be.H3N.H3O4P.2H/c;;1-5(2,3)4;;/h;1H3;(H3,1,2,3,4);;/q+2;;;2*-1. The maximum absolute atomic E-state index is 8.88. The summed E-state index contributed by atoms with van der Waals surface area (Å²) in [4.78, 5) is 21.6. The third kappa shape index (κ3) is 1970. The monoisotopic (exact) mass is 126 g/mol. The Morgan fingerprint density at radius 2 is 1.29 bits per heavy atom. The average Bonchev–Trinajstić information content (AvgIpc) is 0.722. The van der Waals surface area contributed by atoms with Gasteiger partial charge in [-0.2, -0.15) is 0 Å². The first-order valence-corrected chi connectivity index (χ1v) is 2.35. The second kappa shape index (κ2) is 4.40. The summed E-state index contributed by atoms with van der Waals surface area (Å²) in [6.45, 7) is 0. The zero-order chi connectivity index (χ0) is 4.50. The van der Waals surface area contributed by atoms with E-state index < -0.39 is 7.82 Å². The second-order valence-corrected chi connectivity index (χ2v) is 1.54. The van der Waals surface area contributed by atoms with Gasteiger partial charge in [0.1, 0.15) is 0 Å². The molecule has 0 rings (SSSR count). The van der Waals surface area contributed by atoms with Gasteiger partial charge in [-0.1, -0.05) is 0 Å². The molecule has 0 spiro atoms. The van der Waals surface area contributed by atoms with Crippen LogP contribution in [0.3, 0.4) is 0 Å². The largest absolute Gasteiger partial charge is 2.00 e. The van der Waals surface area contributed by atoms with Crippen molar-refractivity contribution in [3.8, 4) is 0 Å². The van der Waals surface area contributed by atoms with Crippen molar-refractivity contribution in [2.24, 2.45) is 0 Å². The molecule has 6 N–H and O–H groups in total. The third-order valence-electron chi connectivity index (χ3n) is 0. The molecule has 0 saturated heterocycles. The summed E-state index contributed by atoms with van der Waals surface area (Å²) in [6.07, 6.45) is 0. The molecule has 0 unspecified atom stereocenters. The Kier molecular flexibility index (Phi) is 9.85. The maximum atomic E-state index is 8.88. The fraction of sp³-hybridized carbons (Fsp3) is 0. The molecule has 0 aromatic carbocycles. The van der Waals surface area contributed by atoms with Gasteiger partial charge < -0.3 is 23.7 Å². The molecule has 5 nitrogen and oxygen atoms in total. The van der Waals surface area contributed by atoms with Gasteiger partial charge in [-0.25, -0.2) is 4.57 Å². The van der Waals surface area contributed by atoms with E-state index in [0.717, 1.165) is 0 Å². The summed E-state index contributed by atoms with van der Waals surface area (Å²) < 4.78 is 8.88. The van der Waals surface area contributed by atoms with E-state index in [1.807, 2.05) is 0 Å². The van der Waals surface area contributed by atoms with Crippen molar-refractivity contribution >= 4 is 17.9 Å². The molecule has 0 bridgehead atoms. The van der Waals surface area contributed by atoms with E-state index in [0.29, 0.717) is 0 Å². The van der Waals surface area contributed by atoms with Gasteiger partial charge in [-0.05, 0) is 0 Å². The Morgan fingerprint density at radius 1 is 1.29 bits per heavy atom. The van der Waals surface area contributed by atoms with Crippen LogP contribution in [-0.4, -0.2) is 24.8 Å². The van der Waals surface area contributed by atoms with Crippen LogP contribution in [0.2, 0.25) is 0 Å². The Labute approximate surface area is 47.4 Å². The first kappa shape index (κ1) is 15.7. The first-order chi connectivity index (χ1) is 2.00. The molecule has 0 heterocycles. The molecular formula is H8BeNO4P. The van der Waals surface area contributed by atoms with Crippen LogP contribution in [0.4, 0.5) is 0 Å². The van der Waals surface area contributed by atoms with Crippen LogP contribution in [0.5, 0.6) is 0 Å².